The summed E-state index contributed by atoms with van der Waals surface area (Å²) in [7, 11) is -4.03. The normalized spacial score (nSPS) is 17.6. The highest BCUT2D eigenvalue weighted by Gasteiger charge is 2.34. The SMILES string of the molecule is CCN1C(=O)C(=Cc2ccc(O)cc2O)SC1=NS(=O)(=O)c1ccc(Cl)cc1. The minimum Gasteiger partial charge on any atom is -0.508 e. The lowest BCUT2D eigenvalue weighted by Gasteiger charge is -2.11. The fourth-order valence-electron chi connectivity index (χ4n) is 2.41. The van der Waals surface area contributed by atoms with Crippen molar-refractivity contribution in [2.75, 3.05) is 6.54 Å². The average molecular weight is 439 g/mol. The van der Waals surface area contributed by atoms with Crippen molar-refractivity contribution in [2.24, 2.45) is 4.40 Å². The Morgan fingerprint density at radius 1 is 1.18 bits per heavy atom. The largest absolute Gasteiger partial charge is 0.508 e. The van der Waals surface area contributed by atoms with Crippen LogP contribution in [0.4, 0.5) is 0 Å². The van der Waals surface area contributed by atoms with Gasteiger partial charge in [-0.1, -0.05) is 11.6 Å². The molecule has 0 atom stereocenters. The predicted molar refractivity (Wildman–Crippen MR) is 109 cm³/mol. The third-order valence-corrected chi connectivity index (χ3v) is 6.47. The van der Waals surface area contributed by atoms with E-state index in [1.165, 1.54) is 47.4 Å². The number of halogens is 1. The van der Waals surface area contributed by atoms with Crippen LogP contribution < -0.4 is 0 Å². The number of phenols is 2. The number of amides is 1. The number of sulfonamides is 1. The quantitative estimate of drug-likeness (QED) is 0.708. The Hall–Kier alpha value is -2.49. The van der Waals surface area contributed by atoms with Gasteiger partial charge in [-0.25, -0.2) is 0 Å². The molecule has 2 aromatic rings. The van der Waals surface area contributed by atoms with Gasteiger partial charge in [0.05, 0.1) is 9.80 Å². The number of aromatic hydroxyl groups is 2. The van der Waals surface area contributed by atoms with E-state index in [2.05, 4.69) is 4.40 Å². The molecule has 1 aliphatic heterocycles. The molecule has 0 saturated carbocycles. The summed E-state index contributed by atoms with van der Waals surface area (Å²) < 4.78 is 28.9. The van der Waals surface area contributed by atoms with Crippen LogP contribution in [0.3, 0.4) is 0 Å². The van der Waals surface area contributed by atoms with Gasteiger partial charge in [-0.05, 0) is 61.2 Å². The van der Waals surface area contributed by atoms with Gasteiger partial charge in [-0.3, -0.25) is 9.69 Å². The number of benzene rings is 2. The molecule has 1 fully saturated rings. The molecule has 1 heterocycles. The van der Waals surface area contributed by atoms with Crippen LogP contribution in [0.2, 0.25) is 5.02 Å². The van der Waals surface area contributed by atoms with Crippen LogP contribution in [-0.4, -0.2) is 41.2 Å². The fraction of sp³-hybridized carbons (Fsp3) is 0.111. The highest BCUT2D eigenvalue weighted by molar-refractivity contribution is 8.19. The maximum absolute atomic E-state index is 12.6. The Labute approximate surface area is 171 Å². The molecule has 7 nitrogen and oxygen atoms in total. The standard InChI is InChI=1S/C18H15ClN2O5S2/c1-2-21-17(24)16(9-11-3-6-13(22)10-15(11)23)27-18(21)20-28(25,26)14-7-4-12(19)5-8-14/h3-10,22-23H,2H2,1H3. The van der Waals surface area contributed by atoms with Gasteiger partial charge in [0.15, 0.2) is 5.17 Å². The predicted octanol–water partition coefficient (Wildman–Crippen LogP) is 3.43. The van der Waals surface area contributed by atoms with Crippen molar-refractivity contribution < 1.29 is 23.4 Å². The summed E-state index contributed by atoms with van der Waals surface area (Å²) in [5.41, 5.74) is 0.312. The van der Waals surface area contributed by atoms with E-state index in [0.29, 0.717) is 10.6 Å². The summed E-state index contributed by atoms with van der Waals surface area (Å²) in [5, 5.41) is 19.7. The van der Waals surface area contributed by atoms with E-state index < -0.39 is 15.9 Å². The number of phenolic OH excluding ortho intramolecular Hbond substituents is 2. The summed E-state index contributed by atoms with van der Waals surface area (Å²) >= 11 is 6.68. The number of likely N-dealkylation sites (N-methyl/N-ethyl adjacent to an activating group) is 1. The molecule has 1 aliphatic rings. The van der Waals surface area contributed by atoms with E-state index in [1.807, 2.05) is 0 Å². The summed E-state index contributed by atoms with van der Waals surface area (Å²) in [6, 6.07) is 9.52. The van der Waals surface area contributed by atoms with Gasteiger partial charge in [-0.2, -0.15) is 8.42 Å². The third kappa shape index (κ3) is 4.16. The first-order chi connectivity index (χ1) is 13.2. The first kappa shape index (κ1) is 20.2. The molecule has 0 spiro atoms. The molecule has 2 aromatic carbocycles. The first-order valence-electron chi connectivity index (χ1n) is 8.05. The summed E-state index contributed by atoms with van der Waals surface area (Å²) in [4.78, 5) is 14.0. The van der Waals surface area contributed by atoms with E-state index in [9.17, 15) is 23.4 Å². The van der Waals surface area contributed by atoms with Crippen molar-refractivity contribution in [3.8, 4) is 11.5 Å². The monoisotopic (exact) mass is 438 g/mol. The second-order valence-corrected chi connectivity index (χ2v) is 8.76. The van der Waals surface area contributed by atoms with Crippen molar-refractivity contribution >= 4 is 50.5 Å². The van der Waals surface area contributed by atoms with Gasteiger partial charge in [0.2, 0.25) is 0 Å². The van der Waals surface area contributed by atoms with Crippen molar-refractivity contribution in [1.82, 2.24) is 4.90 Å². The van der Waals surface area contributed by atoms with Crippen molar-refractivity contribution in [2.45, 2.75) is 11.8 Å². The maximum Gasteiger partial charge on any atom is 0.284 e. The third-order valence-electron chi connectivity index (χ3n) is 3.81. The van der Waals surface area contributed by atoms with Gasteiger partial charge >= 0.3 is 0 Å². The van der Waals surface area contributed by atoms with Crippen LogP contribution in [0.5, 0.6) is 11.5 Å². The number of carbonyl (C=O) groups is 1. The molecular formula is C18H15ClN2O5S2. The second-order valence-electron chi connectivity index (χ2n) is 5.71. The second kappa shape index (κ2) is 7.86. The topological polar surface area (TPSA) is 107 Å². The summed E-state index contributed by atoms with van der Waals surface area (Å²) in [5.74, 6) is -0.746. The number of hydrogen-bond donors (Lipinski definition) is 2. The Morgan fingerprint density at radius 3 is 2.46 bits per heavy atom. The molecule has 1 amide bonds. The molecule has 0 unspecified atom stereocenters. The smallest absolute Gasteiger partial charge is 0.284 e. The highest BCUT2D eigenvalue weighted by Crippen LogP contribution is 2.35. The van der Waals surface area contributed by atoms with Crippen LogP contribution in [-0.2, 0) is 14.8 Å². The number of carbonyl (C=O) groups excluding carboxylic acids is 1. The van der Waals surface area contributed by atoms with Gasteiger partial charge in [0, 0.05) is 23.2 Å². The molecular weight excluding hydrogens is 424 g/mol. The molecule has 0 aromatic heterocycles. The van der Waals surface area contributed by atoms with Crippen LogP contribution in [0, 0.1) is 0 Å². The number of hydrogen-bond acceptors (Lipinski definition) is 6. The zero-order valence-corrected chi connectivity index (χ0v) is 16.9. The zero-order chi connectivity index (χ0) is 20.5. The van der Waals surface area contributed by atoms with E-state index in [0.717, 1.165) is 17.8 Å². The average Bonchev–Trinajstić information content (AvgIpc) is 2.91. The maximum atomic E-state index is 12.6. The molecule has 0 radical (unpaired) electrons. The van der Waals surface area contributed by atoms with E-state index in [-0.39, 0.29) is 33.0 Å². The van der Waals surface area contributed by atoms with Crippen molar-refractivity contribution in [3.63, 3.8) is 0 Å². The van der Waals surface area contributed by atoms with Crippen LogP contribution in [0.25, 0.3) is 6.08 Å². The van der Waals surface area contributed by atoms with Crippen molar-refractivity contribution in [1.29, 1.82) is 0 Å². The first-order valence-corrected chi connectivity index (χ1v) is 10.7. The molecule has 3 rings (SSSR count). The minimum atomic E-state index is -4.03. The number of rotatable bonds is 4. The van der Waals surface area contributed by atoms with E-state index in [4.69, 9.17) is 11.6 Å². The van der Waals surface area contributed by atoms with Gasteiger partial charge < -0.3 is 10.2 Å². The zero-order valence-electron chi connectivity index (χ0n) is 14.5. The number of thioether (sulfide) groups is 1. The summed E-state index contributed by atoms with van der Waals surface area (Å²) in [6.45, 7) is 1.92. The Kier molecular flexibility index (Phi) is 5.69. The van der Waals surface area contributed by atoms with Gasteiger partial charge in [0.1, 0.15) is 11.5 Å². The number of amidine groups is 1. The Balaban J connectivity index is 1.98. The molecule has 146 valence electrons. The van der Waals surface area contributed by atoms with Gasteiger partial charge in [0.25, 0.3) is 15.9 Å². The lowest BCUT2D eigenvalue weighted by atomic mass is 10.1. The van der Waals surface area contributed by atoms with E-state index in [1.54, 1.807) is 6.92 Å². The molecule has 1 saturated heterocycles. The lowest BCUT2D eigenvalue weighted by molar-refractivity contribution is -0.122. The molecule has 0 bridgehead atoms. The number of nitrogens with zero attached hydrogens (tertiary/aromatic N) is 2. The van der Waals surface area contributed by atoms with Gasteiger partial charge in [-0.15, -0.1) is 4.40 Å². The minimum absolute atomic E-state index is 0.0203. The van der Waals surface area contributed by atoms with Crippen LogP contribution in [0.15, 0.2) is 56.7 Å². The van der Waals surface area contributed by atoms with Crippen LogP contribution in [0.1, 0.15) is 12.5 Å². The highest BCUT2D eigenvalue weighted by atomic mass is 35.5. The lowest BCUT2D eigenvalue weighted by Crippen LogP contribution is -2.29. The van der Waals surface area contributed by atoms with Crippen molar-refractivity contribution in [3.05, 3.63) is 58.0 Å². The fourth-order valence-corrected chi connectivity index (χ4v) is 4.77. The van der Waals surface area contributed by atoms with Crippen LogP contribution >= 0.6 is 23.4 Å². The summed E-state index contributed by atoms with van der Waals surface area (Å²) in [6.07, 6.45) is 1.42. The molecule has 0 aliphatic carbocycles. The molecule has 10 heteroatoms. The Morgan fingerprint density at radius 2 is 1.86 bits per heavy atom. The van der Waals surface area contributed by atoms with E-state index >= 15 is 0 Å². The molecule has 28 heavy (non-hydrogen) atoms. The molecule has 2 N–H and O–H groups in total. The Bertz CT molecular complexity index is 1100.